The van der Waals surface area contributed by atoms with Gasteiger partial charge >= 0.3 is 0 Å². The zero-order valence-corrected chi connectivity index (χ0v) is 19.5. The number of nitrogens with zero attached hydrogens (tertiary/aromatic N) is 3. The van der Waals surface area contributed by atoms with Crippen LogP contribution in [0.2, 0.25) is 0 Å². The molecule has 6 nitrogen and oxygen atoms in total. The Bertz CT molecular complexity index is 828. The maximum atomic E-state index is 12.5. The molecule has 30 heavy (non-hydrogen) atoms. The van der Waals surface area contributed by atoms with E-state index in [9.17, 15) is 4.79 Å². The molecule has 1 N–H and O–H groups in total. The molecule has 1 aromatic carbocycles. The Morgan fingerprint density at radius 3 is 2.43 bits per heavy atom. The Hall–Kier alpha value is -2.02. The molecule has 0 bridgehead atoms. The molecular weight excluding hydrogens is 396 g/mol. The van der Waals surface area contributed by atoms with Crippen LogP contribution in [0.5, 0.6) is 5.75 Å². The molecule has 0 aliphatic heterocycles. The molecule has 0 saturated heterocycles. The lowest BCUT2D eigenvalue weighted by molar-refractivity contribution is -0.120. The molecule has 0 spiro atoms. The third-order valence-corrected chi connectivity index (χ3v) is 6.72. The van der Waals surface area contributed by atoms with E-state index in [1.807, 2.05) is 30.5 Å². The van der Waals surface area contributed by atoms with Crippen LogP contribution in [0.3, 0.4) is 0 Å². The van der Waals surface area contributed by atoms with Crippen LogP contribution in [0.15, 0.2) is 29.4 Å². The fourth-order valence-electron chi connectivity index (χ4n) is 3.77. The Balaban J connectivity index is 1.64. The summed E-state index contributed by atoms with van der Waals surface area (Å²) in [6, 6.07) is 8.54. The van der Waals surface area contributed by atoms with E-state index in [2.05, 4.69) is 48.4 Å². The molecule has 1 heterocycles. The SMILES string of the molecule is CCn1c(SC(C)C(=O)NC2CCCC2)nnc1C(C)Oc1ccc(C(C)C)cc1. The lowest BCUT2D eigenvalue weighted by atomic mass is 10.0. The first kappa shape index (κ1) is 22.7. The standard InChI is InChI=1S/C23H34N4O2S/c1-6-27-21(16(4)29-20-13-11-18(12-14-20)15(2)3)25-26-23(27)30-17(5)22(28)24-19-9-7-8-10-19/h11-17,19H,6-10H2,1-5H3,(H,24,28). The van der Waals surface area contributed by atoms with Crippen molar-refractivity contribution in [2.45, 2.75) is 95.3 Å². The molecule has 3 rings (SSSR count). The third kappa shape index (κ3) is 5.56. The number of benzene rings is 1. The summed E-state index contributed by atoms with van der Waals surface area (Å²) in [5.74, 6) is 2.16. The van der Waals surface area contributed by atoms with Crippen LogP contribution in [0.1, 0.15) is 83.7 Å². The topological polar surface area (TPSA) is 69.0 Å². The summed E-state index contributed by atoms with van der Waals surface area (Å²) in [5, 5.41) is 12.4. The number of hydrogen-bond donors (Lipinski definition) is 1. The lowest BCUT2D eigenvalue weighted by Crippen LogP contribution is -2.37. The number of thioether (sulfide) groups is 1. The van der Waals surface area contributed by atoms with Gasteiger partial charge in [-0.1, -0.05) is 50.6 Å². The fraction of sp³-hybridized carbons (Fsp3) is 0.609. The van der Waals surface area contributed by atoms with Gasteiger partial charge in [0, 0.05) is 12.6 Å². The highest BCUT2D eigenvalue weighted by atomic mass is 32.2. The van der Waals surface area contributed by atoms with E-state index < -0.39 is 0 Å². The second-order valence-corrected chi connectivity index (χ2v) is 9.63. The summed E-state index contributed by atoms with van der Waals surface area (Å²) in [7, 11) is 0. The average molecular weight is 431 g/mol. The zero-order valence-electron chi connectivity index (χ0n) is 18.7. The second-order valence-electron chi connectivity index (χ2n) is 8.32. The van der Waals surface area contributed by atoms with Crippen LogP contribution in [0, 0.1) is 0 Å². The number of carbonyl (C=O) groups is 1. The molecule has 2 atom stereocenters. The highest BCUT2D eigenvalue weighted by molar-refractivity contribution is 8.00. The van der Waals surface area contributed by atoms with E-state index in [1.165, 1.54) is 30.2 Å². The summed E-state index contributed by atoms with van der Waals surface area (Å²) in [5.41, 5.74) is 1.29. The van der Waals surface area contributed by atoms with Gasteiger partial charge in [-0.2, -0.15) is 0 Å². The fourth-order valence-corrected chi connectivity index (χ4v) is 4.70. The van der Waals surface area contributed by atoms with Gasteiger partial charge in [-0.05, 0) is 57.2 Å². The molecule has 2 unspecified atom stereocenters. The Morgan fingerprint density at radius 1 is 1.17 bits per heavy atom. The summed E-state index contributed by atoms with van der Waals surface area (Å²) < 4.78 is 8.16. The number of hydrogen-bond acceptors (Lipinski definition) is 5. The first-order chi connectivity index (χ1) is 14.4. The van der Waals surface area contributed by atoms with E-state index in [0.29, 0.717) is 12.0 Å². The summed E-state index contributed by atoms with van der Waals surface area (Å²) >= 11 is 1.46. The summed E-state index contributed by atoms with van der Waals surface area (Å²) in [4.78, 5) is 12.5. The maximum Gasteiger partial charge on any atom is 0.233 e. The van der Waals surface area contributed by atoms with Crippen LogP contribution >= 0.6 is 11.8 Å². The molecule has 164 valence electrons. The van der Waals surface area contributed by atoms with Crippen molar-refractivity contribution in [2.75, 3.05) is 0 Å². The quantitative estimate of drug-likeness (QED) is 0.561. The van der Waals surface area contributed by atoms with E-state index in [4.69, 9.17) is 4.74 Å². The number of ether oxygens (including phenoxy) is 1. The van der Waals surface area contributed by atoms with Crippen molar-refractivity contribution < 1.29 is 9.53 Å². The van der Waals surface area contributed by atoms with Crippen molar-refractivity contribution in [2.24, 2.45) is 0 Å². The van der Waals surface area contributed by atoms with Crippen molar-refractivity contribution in [3.05, 3.63) is 35.7 Å². The van der Waals surface area contributed by atoms with Crippen molar-refractivity contribution in [1.82, 2.24) is 20.1 Å². The van der Waals surface area contributed by atoms with Crippen molar-refractivity contribution in [1.29, 1.82) is 0 Å². The van der Waals surface area contributed by atoms with Crippen LogP contribution < -0.4 is 10.1 Å². The third-order valence-electron chi connectivity index (χ3n) is 5.64. The first-order valence-electron chi connectivity index (χ1n) is 11.1. The second kappa shape index (κ2) is 10.3. The molecule has 1 amide bonds. The minimum absolute atomic E-state index is 0.0774. The normalized spacial score (nSPS) is 16.6. The number of carbonyl (C=O) groups excluding carboxylic acids is 1. The Labute approximate surface area is 184 Å². The maximum absolute atomic E-state index is 12.5. The molecule has 7 heteroatoms. The largest absolute Gasteiger partial charge is 0.483 e. The van der Waals surface area contributed by atoms with Crippen molar-refractivity contribution in [3.8, 4) is 5.75 Å². The smallest absolute Gasteiger partial charge is 0.233 e. The zero-order chi connectivity index (χ0) is 21.7. The summed E-state index contributed by atoms with van der Waals surface area (Å²) in [6.45, 7) is 11.1. The lowest BCUT2D eigenvalue weighted by Gasteiger charge is -2.18. The van der Waals surface area contributed by atoms with E-state index in [-0.39, 0.29) is 17.3 Å². The number of amides is 1. The highest BCUT2D eigenvalue weighted by Gasteiger charge is 2.25. The van der Waals surface area contributed by atoms with Crippen LogP contribution in [-0.2, 0) is 11.3 Å². The van der Waals surface area contributed by atoms with Gasteiger partial charge in [0.25, 0.3) is 0 Å². The minimum Gasteiger partial charge on any atom is -0.483 e. The van der Waals surface area contributed by atoms with Gasteiger partial charge in [0.15, 0.2) is 17.1 Å². The van der Waals surface area contributed by atoms with Gasteiger partial charge < -0.3 is 14.6 Å². The monoisotopic (exact) mass is 430 g/mol. The van der Waals surface area contributed by atoms with Gasteiger partial charge in [-0.3, -0.25) is 4.79 Å². The molecule has 0 radical (unpaired) electrons. The molecule has 2 aromatic rings. The number of aromatic nitrogens is 3. The van der Waals surface area contributed by atoms with Crippen LogP contribution in [-0.4, -0.2) is 32.0 Å². The van der Waals surface area contributed by atoms with E-state index >= 15 is 0 Å². The highest BCUT2D eigenvalue weighted by Crippen LogP contribution is 2.28. The van der Waals surface area contributed by atoms with Gasteiger partial charge in [0.2, 0.25) is 5.91 Å². The average Bonchev–Trinajstić information content (AvgIpc) is 3.37. The van der Waals surface area contributed by atoms with Gasteiger partial charge in [-0.15, -0.1) is 10.2 Å². The molecule has 1 saturated carbocycles. The van der Waals surface area contributed by atoms with Crippen molar-refractivity contribution in [3.63, 3.8) is 0 Å². The predicted molar refractivity (Wildman–Crippen MR) is 121 cm³/mol. The van der Waals surface area contributed by atoms with Crippen LogP contribution in [0.4, 0.5) is 0 Å². The van der Waals surface area contributed by atoms with E-state index in [0.717, 1.165) is 36.1 Å². The van der Waals surface area contributed by atoms with Crippen molar-refractivity contribution >= 4 is 17.7 Å². The predicted octanol–water partition coefficient (Wildman–Crippen LogP) is 5.10. The Morgan fingerprint density at radius 2 is 1.83 bits per heavy atom. The Kier molecular flexibility index (Phi) is 7.81. The molecular formula is C23H34N4O2S. The van der Waals surface area contributed by atoms with Gasteiger partial charge in [0.05, 0.1) is 5.25 Å². The number of rotatable bonds is 9. The van der Waals surface area contributed by atoms with Gasteiger partial charge in [-0.25, -0.2) is 0 Å². The van der Waals surface area contributed by atoms with E-state index in [1.54, 1.807) is 0 Å². The molecule has 1 aromatic heterocycles. The van der Waals surface area contributed by atoms with Gasteiger partial charge in [0.1, 0.15) is 5.75 Å². The number of nitrogens with one attached hydrogen (secondary N) is 1. The van der Waals surface area contributed by atoms with Crippen LogP contribution in [0.25, 0.3) is 0 Å². The first-order valence-corrected chi connectivity index (χ1v) is 11.9. The molecule has 1 aliphatic carbocycles. The molecule has 1 fully saturated rings. The summed E-state index contributed by atoms with van der Waals surface area (Å²) in [6.07, 6.45) is 4.35. The minimum atomic E-state index is -0.237. The molecule has 1 aliphatic rings.